The maximum absolute atomic E-state index is 5.73. The molecule has 0 unspecified atom stereocenters. The van der Waals surface area contributed by atoms with E-state index < -0.39 is 0 Å². The van der Waals surface area contributed by atoms with Crippen molar-refractivity contribution in [3.63, 3.8) is 0 Å². The Balaban J connectivity index is 0. The molecule has 0 saturated heterocycles. The van der Waals surface area contributed by atoms with Gasteiger partial charge in [-0.3, -0.25) is 0 Å². The molecule has 2 heterocycles. The van der Waals surface area contributed by atoms with Crippen LogP contribution < -0.4 is 11.1 Å². The van der Waals surface area contributed by atoms with Crippen molar-refractivity contribution in [3.8, 4) is 0 Å². The monoisotopic (exact) mass is 394 g/mol. The van der Waals surface area contributed by atoms with Gasteiger partial charge in [-0.2, -0.15) is 0 Å². The molecule has 0 aliphatic carbocycles. The van der Waals surface area contributed by atoms with Gasteiger partial charge >= 0.3 is 0 Å². The predicted octanol–water partition coefficient (Wildman–Crippen LogP) is 4.72. The van der Waals surface area contributed by atoms with Gasteiger partial charge < -0.3 is 11.1 Å². The van der Waals surface area contributed by atoms with Gasteiger partial charge in [-0.05, 0) is 19.9 Å². The van der Waals surface area contributed by atoms with Crippen LogP contribution >= 0.6 is 34.8 Å². The van der Waals surface area contributed by atoms with Gasteiger partial charge in [0.1, 0.15) is 0 Å². The minimum atomic E-state index is 0. The van der Waals surface area contributed by atoms with E-state index in [0.717, 1.165) is 0 Å². The van der Waals surface area contributed by atoms with Crippen molar-refractivity contribution in [1.82, 2.24) is 19.9 Å². The lowest BCUT2D eigenvalue weighted by molar-refractivity contribution is 0.834. The van der Waals surface area contributed by atoms with E-state index in [4.69, 9.17) is 40.5 Å². The second-order valence-corrected chi connectivity index (χ2v) is 5.95. The molecule has 3 N–H and O–H groups in total. The lowest BCUT2D eigenvalue weighted by Gasteiger charge is -2.08. The highest BCUT2D eigenvalue weighted by atomic mass is 35.5. The summed E-state index contributed by atoms with van der Waals surface area (Å²) >= 11 is 16.5. The molecule has 0 aliphatic heterocycles. The van der Waals surface area contributed by atoms with Gasteiger partial charge in [0.25, 0.3) is 0 Å². The summed E-state index contributed by atoms with van der Waals surface area (Å²) in [4.78, 5) is 15.2. The number of halogens is 3. The van der Waals surface area contributed by atoms with Crippen LogP contribution in [0, 0.1) is 0 Å². The summed E-state index contributed by atoms with van der Waals surface area (Å²) in [7, 11) is 0. The predicted molar refractivity (Wildman–Crippen MR) is 104 cm³/mol. The van der Waals surface area contributed by atoms with Gasteiger partial charge in [0, 0.05) is 30.8 Å². The maximum atomic E-state index is 5.73. The second-order valence-electron chi connectivity index (χ2n) is 4.88. The zero-order valence-corrected chi connectivity index (χ0v) is 15.7. The van der Waals surface area contributed by atoms with Crippen molar-refractivity contribution in [2.75, 3.05) is 5.32 Å². The first-order chi connectivity index (χ1) is 10.7. The highest BCUT2D eigenvalue weighted by Crippen LogP contribution is 2.14. The molecule has 0 aromatic carbocycles. The second kappa shape index (κ2) is 14.2. The molecule has 0 saturated carbocycles. The number of anilines is 1. The molecule has 2 aromatic rings. The largest absolute Gasteiger partial charge is 0.365 e. The number of nitrogens with zero attached hydrogens (tertiary/aromatic N) is 4. The third kappa shape index (κ3) is 13.2. The van der Waals surface area contributed by atoms with E-state index in [-0.39, 0.29) is 17.7 Å². The average Bonchev–Trinajstić information content (AvgIpc) is 2.44. The number of aromatic nitrogens is 4. The Morgan fingerprint density at radius 3 is 1.42 bits per heavy atom. The van der Waals surface area contributed by atoms with Crippen molar-refractivity contribution in [2.24, 2.45) is 5.73 Å². The average molecular weight is 396 g/mol. The van der Waals surface area contributed by atoms with E-state index in [9.17, 15) is 0 Å². The van der Waals surface area contributed by atoms with Crippen molar-refractivity contribution >= 4 is 40.6 Å². The Kier molecular flexibility index (Phi) is 14.8. The van der Waals surface area contributed by atoms with Crippen molar-refractivity contribution in [2.45, 2.75) is 47.2 Å². The Hall–Kier alpha value is -1.21. The summed E-state index contributed by atoms with van der Waals surface area (Å²) < 4.78 is 0. The molecule has 24 heavy (non-hydrogen) atoms. The van der Waals surface area contributed by atoms with Crippen molar-refractivity contribution < 1.29 is 0 Å². The van der Waals surface area contributed by atoms with Crippen molar-refractivity contribution in [3.05, 3.63) is 40.2 Å². The molecule has 2 aromatic heterocycles. The molecule has 0 bridgehead atoms. The summed E-state index contributed by atoms with van der Waals surface area (Å²) in [5.74, 6) is 0.643. The number of nitrogens with two attached hydrogens (primary N) is 1. The Morgan fingerprint density at radius 1 is 0.792 bits per heavy atom. The molecule has 0 spiro atoms. The molecule has 0 amide bonds. The summed E-state index contributed by atoms with van der Waals surface area (Å²) in [6, 6.07) is 0.657. The van der Waals surface area contributed by atoms with E-state index in [2.05, 4.69) is 25.3 Å². The maximum Gasteiger partial charge on any atom is 0.171 e. The van der Waals surface area contributed by atoms with Gasteiger partial charge in [0.2, 0.25) is 0 Å². The fourth-order valence-corrected chi connectivity index (χ4v) is 1.37. The Morgan fingerprint density at radius 2 is 1.12 bits per heavy atom. The molecular weight excluding hydrogens is 371 g/mol. The number of hydrogen-bond donors (Lipinski definition) is 2. The number of nitrogens with one attached hydrogen (secondary N) is 1. The lowest BCUT2D eigenvalue weighted by Crippen LogP contribution is -2.11. The molecular formula is C15H25Cl3N6. The normalized spacial score (nSPS) is 9.25. The summed E-state index contributed by atoms with van der Waals surface area (Å²) in [5.41, 5.74) is 5.11. The van der Waals surface area contributed by atoms with Crippen LogP contribution in [0.2, 0.25) is 15.5 Å². The van der Waals surface area contributed by atoms with Crippen LogP contribution in [-0.2, 0) is 0 Å². The van der Waals surface area contributed by atoms with Crippen LogP contribution in [0.1, 0.15) is 35.1 Å². The minimum Gasteiger partial charge on any atom is -0.365 e. The number of rotatable bonds is 2. The molecule has 6 nitrogen and oxygen atoms in total. The summed E-state index contributed by atoms with van der Waals surface area (Å²) in [5, 5.41) is 3.97. The summed E-state index contributed by atoms with van der Waals surface area (Å²) in [6.45, 7) is 7.93. The quantitative estimate of drug-likeness (QED) is 0.764. The van der Waals surface area contributed by atoms with Gasteiger partial charge in [-0.25, -0.2) is 19.9 Å². The molecule has 0 radical (unpaired) electrons. The molecule has 136 valence electrons. The van der Waals surface area contributed by atoms with E-state index in [1.165, 1.54) is 12.4 Å². The molecule has 0 atom stereocenters. The minimum absolute atomic E-state index is 0. The SMILES string of the molecule is C.CC(C)N.CC(C)Nc1nccnc1Cl.Clc1nccnc1Cl. The van der Waals surface area contributed by atoms with Crippen LogP contribution in [0.25, 0.3) is 0 Å². The van der Waals surface area contributed by atoms with E-state index in [0.29, 0.717) is 23.1 Å². The molecule has 0 aliphatic rings. The first kappa shape index (κ1) is 25.0. The van der Waals surface area contributed by atoms with Crippen LogP contribution in [0.3, 0.4) is 0 Å². The van der Waals surface area contributed by atoms with Crippen molar-refractivity contribution in [1.29, 1.82) is 0 Å². The zero-order chi connectivity index (χ0) is 17.8. The van der Waals surface area contributed by atoms with E-state index in [1.54, 1.807) is 12.4 Å². The fraction of sp³-hybridized carbons (Fsp3) is 0.467. The standard InChI is InChI=1S/C7H10ClN3.C4H2Cl2N2.C3H9N.CH4/c1-5(2)11-7-6(8)9-3-4-10-7;5-3-4(6)8-2-1-7-3;1-3(2)4;/h3-5H,1-2H3,(H,10,11);1-2H;3H,4H2,1-2H3;1H4. The summed E-state index contributed by atoms with van der Waals surface area (Å²) in [6.07, 6.45) is 6.13. The van der Waals surface area contributed by atoms with Crippen LogP contribution in [0.4, 0.5) is 5.82 Å². The highest BCUT2D eigenvalue weighted by Gasteiger charge is 2.01. The molecule has 0 fully saturated rings. The Bertz CT molecular complexity index is 543. The highest BCUT2D eigenvalue weighted by molar-refractivity contribution is 6.40. The van der Waals surface area contributed by atoms with Gasteiger partial charge in [0.05, 0.1) is 0 Å². The zero-order valence-electron chi connectivity index (χ0n) is 13.5. The van der Waals surface area contributed by atoms with Crippen LogP contribution in [0.5, 0.6) is 0 Å². The van der Waals surface area contributed by atoms with Gasteiger partial charge in [-0.1, -0.05) is 56.1 Å². The van der Waals surface area contributed by atoms with Crippen LogP contribution in [-0.4, -0.2) is 32.0 Å². The van der Waals surface area contributed by atoms with Gasteiger partial charge in [-0.15, -0.1) is 0 Å². The first-order valence-electron chi connectivity index (χ1n) is 6.84. The third-order valence-corrected chi connectivity index (χ3v) is 2.62. The molecule has 2 rings (SSSR count). The fourth-order valence-electron chi connectivity index (χ4n) is 0.995. The van der Waals surface area contributed by atoms with E-state index in [1.807, 2.05) is 27.7 Å². The lowest BCUT2D eigenvalue weighted by atomic mass is 10.4. The first-order valence-corrected chi connectivity index (χ1v) is 7.98. The van der Waals surface area contributed by atoms with Gasteiger partial charge in [0.15, 0.2) is 21.3 Å². The topological polar surface area (TPSA) is 89.6 Å². The smallest absolute Gasteiger partial charge is 0.171 e. The molecule has 9 heteroatoms. The third-order valence-electron chi connectivity index (χ3n) is 1.69. The number of hydrogen-bond acceptors (Lipinski definition) is 6. The van der Waals surface area contributed by atoms with E-state index >= 15 is 0 Å². The van der Waals surface area contributed by atoms with Crippen LogP contribution in [0.15, 0.2) is 24.8 Å². The Labute approximate surface area is 159 Å².